The number of aliphatic hydroxyl groups is 1. The second kappa shape index (κ2) is 13.6. The van der Waals surface area contributed by atoms with Gasteiger partial charge in [0.15, 0.2) is 0 Å². The molecule has 198 valence electrons. The van der Waals surface area contributed by atoms with Gasteiger partial charge in [0, 0.05) is 42.8 Å². The normalized spacial score (nSPS) is 17.9. The van der Waals surface area contributed by atoms with Gasteiger partial charge in [-0.15, -0.1) is 0 Å². The largest absolute Gasteiger partial charge is 0.426 e. The Bertz CT molecular complexity index is 1080. The van der Waals surface area contributed by atoms with E-state index in [0.717, 1.165) is 55.9 Å². The van der Waals surface area contributed by atoms with Crippen molar-refractivity contribution in [1.29, 1.82) is 0 Å². The van der Waals surface area contributed by atoms with E-state index in [2.05, 4.69) is 13.8 Å². The molecular weight excluding hydrogens is 458 g/mol. The molecule has 0 saturated carbocycles. The van der Waals surface area contributed by atoms with Crippen LogP contribution in [0.5, 0.6) is 5.75 Å². The van der Waals surface area contributed by atoms with Crippen LogP contribution in [0, 0.1) is 18.8 Å². The molecule has 0 spiro atoms. The molecule has 3 rings (SSSR count). The second-order valence-electron chi connectivity index (χ2n) is 10.4. The first-order valence-electron chi connectivity index (χ1n) is 13.5. The van der Waals surface area contributed by atoms with E-state index >= 15 is 0 Å². The van der Waals surface area contributed by atoms with Crippen molar-refractivity contribution in [2.24, 2.45) is 11.8 Å². The van der Waals surface area contributed by atoms with Crippen molar-refractivity contribution in [3.8, 4) is 5.75 Å². The van der Waals surface area contributed by atoms with Gasteiger partial charge >= 0.3 is 11.6 Å². The van der Waals surface area contributed by atoms with E-state index in [0.29, 0.717) is 36.6 Å². The Morgan fingerprint density at radius 1 is 1.03 bits per heavy atom. The lowest BCUT2D eigenvalue weighted by Crippen LogP contribution is -2.36. The van der Waals surface area contributed by atoms with E-state index in [-0.39, 0.29) is 17.8 Å². The van der Waals surface area contributed by atoms with Gasteiger partial charge in [-0.1, -0.05) is 58.8 Å². The molecule has 1 amide bonds. The number of carbonyl (C=O) groups is 2. The molecule has 7 nitrogen and oxygen atoms in total. The number of amides is 1. The molecule has 1 saturated heterocycles. The number of benzene rings is 1. The molecule has 1 N–H and O–H groups in total. The predicted octanol–water partition coefficient (Wildman–Crippen LogP) is 5.73. The summed E-state index contributed by atoms with van der Waals surface area (Å²) >= 11 is 0. The predicted molar refractivity (Wildman–Crippen MR) is 140 cm³/mol. The average molecular weight is 500 g/mol. The third-order valence-electron chi connectivity index (χ3n) is 7.22. The molecule has 7 heteroatoms. The first-order valence-corrected chi connectivity index (χ1v) is 13.5. The second-order valence-corrected chi connectivity index (χ2v) is 10.4. The molecule has 0 aliphatic carbocycles. The minimum Gasteiger partial charge on any atom is -0.426 e. The van der Waals surface area contributed by atoms with Crippen molar-refractivity contribution in [1.82, 2.24) is 4.90 Å². The number of rotatable bonds is 14. The van der Waals surface area contributed by atoms with Gasteiger partial charge in [0.05, 0.1) is 0 Å². The van der Waals surface area contributed by atoms with Crippen molar-refractivity contribution in [3.05, 3.63) is 40.2 Å². The Morgan fingerprint density at radius 3 is 2.31 bits per heavy atom. The zero-order chi connectivity index (χ0) is 26.1. The topological polar surface area (TPSA) is 97.0 Å². The summed E-state index contributed by atoms with van der Waals surface area (Å²) in [4.78, 5) is 37.5. The summed E-state index contributed by atoms with van der Waals surface area (Å²) in [7, 11) is 0. The van der Waals surface area contributed by atoms with Crippen LogP contribution in [0.2, 0.25) is 0 Å². The number of esters is 1. The molecule has 0 radical (unpaired) electrons. The monoisotopic (exact) mass is 499 g/mol. The molecule has 1 fully saturated rings. The number of nitrogens with zero attached hydrogens (tertiary/aromatic N) is 1. The number of ether oxygens (including phenoxy) is 1. The van der Waals surface area contributed by atoms with Gasteiger partial charge in [-0.2, -0.15) is 0 Å². The molecule has 1 aliphatic rings. The van der Waals surface area contributed by atoms with Crippen LogP contribution in [-0.2, 0) is 9.59 Å². The standard InChI is InChI=1S/C29H41NO6/c1-20(2)24-19-26(31)30(29(24)34)16-12-10-8-6-4-5-7-9-11-13-27(32)35-22-14-15-23-21(3)17-28(33)36-25(23)18-22/h14-15,17-18,20,24,29,34H,4-13,16,19H2,1-3H3. The third kappa shape index (κ3) is 7.92. The molecule has 2 heterocycles. The molecule has 1 aromatic carbocycles. The number of carbonyl (C=O) groups excluding carboxylic acids is 2. The molecule has 0 bridgehead atoms. The molecule has 2 unspecified atom stereocenters. The number of hydrogen-bond donors (Lipinski definition) is 1. The van der Waals surface area contributed by atoms with E-state index in [1.54, 1.807) is 23.1 Å². The van der Waals surface area contributed by atoms with Gasteiger partial charge in [0.1, 0.15) is 17.6 Å². The maximum absolute atomic E-state index is 12.2. The highest BCUT2D eigenvalue weighted by Crippen LogP contribution is 2.30. The molecule has 36 heavy (non-hydrogen) atoms. The molecular formula is C29H41NO6. The number of aryl methyl sites for hydroxylation is 1. The summed E-state index contributed by atoms with van der Waals surface area (Å²) in [6, 6.07) is 6.56. The van der Waals surface area contributed by atoms with Gasteiger partial charge in [0.2, 0.25) is 5.91 Å². The zero-order valence-corrected chi connectivity index (χ0v) is 22.0. The minimum atomic E-state index is -0.617. The fourth-order valence-electron chi connectivity index (χ4n) is 4.98. The Labute approximate surface area is 213 Å². The zero-order valence-electron chi connectivity index (χ0n) is 22.0. The third-order valence-corrected chi connectivity index (χ3v) is 7.22. The van der Waals surface area contributed by atoms with Crippen LogP contribution < -0.4 is 10.4 Å². The van der Waals surface area contributed by atoms with E-state index in [9.17, 15) is 19.5 Å². The number of hydrogen-bond acceptors (Lipinski definition) is 6. The maximum Gasteiger partial charge on any atom is 0.336 e. The minimum absolute atomic E-state index is 0.0616. The first kappa shape index (κ1) is 27.9. The Hall–Kier alpha value is -2.67. The summed E-state index contributed by atoms with van der Waals surface area (Å²) in [6.45, 7) is 6.63. The van der Waals surface area contributed by atoms with Crippen molar-refractivity contribution in [2.75, 3.05) is 6.54 Å². The SMILES string of the molecule is Cc1cc(=O)oc2cc(OC(=O)CCCCCCCCCCCN3C(=O)CC(C(C)C)C3O)ccc12. The average Bonchev–Trinajstić information content (AvgIpc) is 3.10. The smallest absolute Gasteiger partial charge is 0.336 e. The fraction of sp³-hybridized carbons (Fsp3) is 0.621. The highest BCUT2D eigenvalue weighted by atomic mass is 16.5. The van der Waals surface area contributed by atoms with E-state index < -0.39 is 11.9 Å². The van der Waals surface area contributed by atoms with E-state index in [1.165, 1.54) is 18.9 Å². The quantitative estimate of drug-likeness (QED) is 0.154. The van der Waals surface area contributed by atoms with Gasteiger partial charge in [0.25, 0.3) is 0 Å². The number of likely N-dealkylation sites (tertiary alicyclic amines) is 1. The van der Waals surface area contributed by atoms with Gasteiger partial charge in [-0.05, 0) is 43.4 Å². The van der Waals surface area contributed by atoms with Crippen LogP contribution in [-0.4, -0.2) is 34.7 Å². The van der Waals surface area contributed by atoms with Crippen molar-refractivity contribution < 1.29 is 23.8 Å². The Kier molecular flexibility index (Phi) is 10.5. The molecule has 2 aromatic rings. The van der Waals surface area contributed by atoms with Gasteiger partial charge in [-0.25, -0.2) is 4.79 Å². The lowest BCUT2D eigenvalue weighted by atomic mass is 9.94. The first-order chi connectivity index (χ1) is 17.3. The lowest BCUT2D eigenvalue weighted by molar-refractivity contribution is -0.135. The van der Waals surface area contributed by atoms with Crippen LogP contribution in [0.25, 0.3) is 11.0 Å². The van der Waals surface area contributed by atoms with Crippen LogP contribution in [0.3, 0.4) is 0 Å². The van der Waals surface area contributed by atoms with Crippen LogP contribution >= 0.6 is 0 Å². The fourth-order valence-corrected chi connectivity index (χ4v) is 4.98. The van der Waals surface area contributed by atoms with Crippen LogP contribution in [0.4, 0.5) is 0 Å². The van der Waals surface area contributed by atoms with Crippen molar-refractivity contribution >= 4 is 22.8 Å². The number of unbranched alkanes of at least 4 members (excludes halogenated alkanes) is 8. The van der Waals surface area contributed by atoms with Gasteiger partial charge < -0.3 is 19.2 Å². The Morgan fingerprint density at radius 2 is 1.67 bits per heavy atom. The Balaban J connectivity index is 1.20. The summed E-state index contributed by atoms with van der Waals surface area (Å²) < 4.78 is 10.6. The van der Waals surface area contributed by atoms with Crippen LogP contribution in [0.15, 0.2) is 33.5 Å². The summed E-state index contributed by atoms with van der Waals surface area (Å²) in [5, 5.41) is 11.2. The summed E-state index contributed by atoms with van der Waals surface area (Å²) in [5.41, 5.74) is 0.839. The molecule has 2 atom stereocenters. The van der Waals surface area contributed by atoms with Gasteiger partial charge in [-0.3, -0.25) is 9.59 Å². The lowest BCUT2D eigenvalue weighted by Gasteiger charge is -2.25. The number of fused-ring (bicyclic) bond motifs is 1. The highest BCUT2D eigenvalue weighted by Gasteiger charge is 2.39. The van der Waals surface area contributed by atoms with Crippen molar-refractivity contribution in [3.63, 3.8) is 0 Å². The summed E-state index contributed by atoms with van der Waals surface area (Å²) in [6.07, 6.45) is 9.77. The van der Waals surface area contributed by atoms with E-state index in [1.807, 2.05) is 6.92 Å². The van der Waals surface area contributed by atoms with Crippen molar-refractivity contribution in [2.45, 2.75) is 97.6 Å². The maximum atomic E-state index is 12.2. The van der Waals surface area contributed by atoms with Crippen LogP contribution in [0.1, 0.15) is 90.0 Å². The van der Waals surface area contributed by atoms with E-state index in [4.69, 9.17) is 9.15 Å². The molecule has 1 aromatic heterocycles. The number of aliphatic hydroxyl groups excluding tert-OH is 1. The highest BCUT2D eigenvalue weighted by molar-refractivity contribution is 5.82. The summed E-state index contributed by atoms with van der Waals surface area (Å²) in [5.74, 6) is 0.589. The molecule has 1 aliphatic heterocycles.